The zero-order valence-corrected chi connectivity index (χ0v) is 8.54. The minimum Gasteiger partial charge on any atom is -0.0672 e. The normalized spacial score (nSPS) is 47.2. The van der Waals surface area contributed by atoms with Crippen molar-refractivity contribution in [3.63, 3.8) is 0 Å². The van der Waals surface area contributed by atoms with Gasteiger partial charge in [-0.2, -0.15) is 0 Å². The van der Waals surface area contributed by atoms with Gasteiger partial charge in [-0.1, -0.05) is 30.3 Å². The molecule has 1 saturated heterocycles. The predicted molar refractivity (Wildman–Crippen MR) is 49.5 cm³/mol. The largest absolute Gasteiger partial charge is 0.0672 e. The fourth-order valence-corrected chi connectivity index (χ4v) is 17.8. The van der Waals surface area contributed by atoms with E-state index in [0.29, 0.717) is 7.30 Å². The van der Waals surface area contributed by atoms with Crippen LogP contribution in [0.4, 0.5) is 0 Å². The van der Waals surface area contributed by atoms with E-state index in [1.54, 1.807) is 19.3 Å². The molecule has 0 aromatic heterocycles. The summed E-state index contributed by atoms with van der Waals surface area (Å²) in [6.45, 7) is 0. The van der Waals surface area contributed by atoms with Gasteiger partial charge in [0.1, 0.15) is 0 Å². The molecule has 2 unspecified atom stereocenters. The first-order valence-electron chi connectivity index (χ1n) is 3.02. The molecule has 0 radical (unpaired) electrons. The topological polar surface area (TPSA) is 0 Å². The molecule has 46 valence electrons. The molecular formula is C4H10P4. The van der Waals surface area contributed by atoms with Crippen molar-refractivity contribution in [3.8, 4) is 0 Å². The lowest BCUT2D eigenvalue weighted by molar-refractivity contribution is 0.520. The molecule has 2 atom stereocenters. The fraction of sp³-hybridized carbons (Fsp3) is 1.00. The van der Waals surface area contributed by atoms with Gasteiger partial charge in [-0.15, -0.1) is 0 Å². The number of rotatable bonds is 1. The van der Waals surface area contributed by atoms with Gasteiger partial charge in [-0.3, -0.25) is 0 Å². The van der Waals surface area contributed by atoms with Crippen LogP contribution in [0.3, 0.4) is 0 Å². The van der Waals surface area contributed by atoms with Gasteiger partial charge in [-0.25, -0.2) is 0 Å². The summed E-state index contributed by atoms with van der Waals surface area (Å²) in [5.41, 5.74) is 1.28. The molecule has 0 amide bonds. The van der Waals surface area contributed by atoms with Crippen molar-refractivity contribution in [2.75, 3.05) is 0 Å². The first-order valence-corrected chi connectivity index (χ1v) is 11.1. The lowest BCUT2D eigenvalue weighted by atomic mass is 10.00. The zero-order chi connectivity index (χ0) is 5.40. The lowest BCUT2D eigenvalue weighted by Crippen LogP contribution is -2.12. The van der Waals surface area contributed by atoms with E-state index in [9.17, 15) is 0 Å². The Kier molecular flexibility index (Phi) is 2.22. The molecule has 8 heavy (non-hydrogen) atoms. The highest BCUT2D eigenvalue weighted by Gasteiger charge is 2.30. The van der Waals surface area contributed by atoms with Crippen LogP contribution >= 0.6 is 31.2 Å². The molecular weight excluding hydrogens is 172 g/mol. The molecule has 0 bridgehead atoms. The second kappa shape index (κ2) is 2.76. The molecule has 2 rings (SSSR count). The van der Waals surface area contributed by atoms with Gasteiger partial charge in [0.2, 0.25) is 0 Å². The van der Waals surface area contributed by atoms with E-state index in [1.165, 1.54) is 29.5 Å². The summed E-state index contributed by atoms with van der Waals surface area (Å²) >= 11 is 0. The summed E-state index contributed by atoms with van der Waals surface area (Å²) in [7, 11) is 5.02. The van der Waals surface area contributed by atoms with Gasteiger partial charge in [0.15, 0.2) is 0 Å². The Hall–Kier alpha value is 1.72. The molecule has 1 heterocycles. The summed E-state index contributed by atoms with van der Waals surface area (Å²) in [5, 5.41) is 0. The fourth-order valence-electron chi connectivity index (χ4n) is 0.948. The van der Waals surface area contributed by atoms with Crippen LogP contribution in [-0.2, 0) is 0 Å². The monoisotopic (exact) mass is 182 g/mol. The maximum absolute atomic E-state index is 1.61. The molecule has 2 fully saturated rings. The van der Waals surface area contributed by atoms with Gasteiger partial charge < -0.3 is 0 Å². The SMILES string of the molecule is C1CC(P2PPP2)C1. The predicted octanol–water partition coefficient (Wildman–Crippen LogP) is 3.73. The summed E-state index contributed by atoms with van der Waals surface area (Å²) in [6, 6.07) is 0. The highest BCUT2D eigenvalue weighted by atomic mass is 33.0. The van der Waals surface area contributed by atoms with Crippen LogP contribution in [-0.4, -0.2) is 5.66 Å². The van der Waals surface area contributed by atoms with Crippen LogP contribution < -0.4 is 0 Å². The first-order chi connectivity index (χ1) is 3.97. The molecule has 0 spiro atoms. The lowest BCUT2D eigenvalue weighted by Gasteiger charge is -2.39. The third kappa shape index (κ3) is 1.11. The number of hydrogen-bond donors (Lipinski definition) is 0. The second-order valence-electron chi connectivity index (χ2n) is 2.30. The molecule has 0 nitrogen and oxygen atoms in total. The average Bonchev–Trinajstić information content (AvgIpc) is 1.47. The quantitative estimate of drug-likeness (QED) is 0.542. The van der Waals surface area contributed by atoms with Crippen molar-refractivity contribution in [2.24, 2.45) is 0 Å². The smallest absolute Gasteiger partial charge is 0.0130 e. The van der Waals surface area contributed by atoms with Crippen LogP contribution in [0.25, 0.3) is 0 Å². The highest BCUT2D eigenvalue weighted by molar-refractivity contribution is 8.97. The van der Waals surface area contributed by atoms with Crippen LogP contribution in [0.5, 0.6) is 0 Å². The molecule has 1 saturated carbocycles. The van der Waals surface area contributed by atoms with Gasteiger partial charge in [0.25, 0.3) is 0 Å². The summed E-state index contributed by atoms with van der Waals surface area (Å²) in [4.78, 5) is 0. The van der Waals surface area contributed by atoms with Gasteiger partial charge in [0, 0.05) is 0 Å². The van der Waals surface area contributed by atoms with E-state index in [-0.39, 0.29) is 0 Å². The molecule has 0 N–H and O–H groups in total. The molecule has 0 aromatic rings. The van der Waals surface area contributed by atoms with Crippen LogP contribution in [0, 0.1) is 0 Å². The first kappa shape index (κ1) is 6.43. The minimum atomic E-state index is 0.696. The molecule has 1 aliphatic carbocycles. The second-order valence-corrected chi connectivity index (χ2v) is 17.1. The van der Waals surface area contributed by atoms with Crippen molar-refractivity contribution >= 4 is 31.2 Å². The average molecular weight is 182 g/mol. The standard InChI is InChI=1S/C4H10P4/c1-2-4(3-1)8-6-5-7-8/h4-7H,1-3H2. The Labute approximate surface area is 56.6 Å². The van der Waals surface area contributed by atoms with Gasteiger partial charge in [-0.05, 0) is 25.8 Å². The highest BCUT2D eigenvalue weighted by Crippen LogP contribution is 2.99. The minimum absolute atomic E-state index is 0.696. The molecule has 2 aliphatic rings. The summed E-state index contributed by atoms with van der Waals surface area (Å²) in [6.07, 6.45) is 4.77. The third-order valence-electron chi connectivity index (χ3n) is 1.79. The van der Waals surface area contributed by atoms with Crippen molar-refractivity contribution in [1.82, 2.24) is 0 Å². The van der Waals surface area contributed by atoms with Crippen molar-refractivity contribution in [1.29, 1.82) is 0 Å². The maximum Gasteiger partial charge on any atom is -0.0130 e. The van der Waals surface area contributed by atoms with E-state index in [0.717, 1.165) is 0 Å². The van der Waals surface area contributed by atoms with Crippen LogP contribution in [0.1, 0.15) is 19.3 Å². The number of hydrogen-bond acceptors (Lipinski definition) is 0. The molecule has 4 heteroatoms. The van der Waals surface area contributed by atoms with Crippen molar-refractivity contribution in [2.45, 2.75) is 24.9 Å². The van der Waals surface area contributed by atoms with E-state index in [1.807, 2.05) is 0 Å². The van der Waals surface area contributed by atoms with E-state index in [4.69, 9.17) is 0 Å². The van der Waals surface area contributed by atoms with E-state index >= 15 is 0 Å². The Morgan fingerprint density at radius 3 is 2.12 bits per heavy atom. The molecule has 1 aliphatic heterocycles. The van der Waals surface area contributed by atoms with Crippen LogP contribution in [0.2, 0.25) is 0 Å². The maximum atomic E-state index is 1.61. The van der Waals surface area contributed by atoms with Crippen molar-refractivity contribution < 1.29 is 0 Å². The zero-order valence-electron chi connectivity index (χ0n) is 4.65. The Morgan fingerprint density at radius 1 is 1.25 bits per heavy atom. The Bertz CT molecular complexity index is 74.0. The third-order valence-corrected chi connectivity index (χ3v) is 26.5. The summed E-state index contributed by atoms with van der Waals surface area (Å²) in [5.74, 6) is 0. The Morgan fingerprint density at radius 2 is 2.00 bits per heavy atom. The van der Waals surface area contributed by atoms with Gasteiger partial charge >= 0.3 is 0 Å². The Balaban J connectivity index is 1.79. The summed E-state index contributed by atoms with van der Waals surface area (Å²) < 4.78 is 0. The van der Waals surface area contributed by atoms with E-state index in [2.05, 4.69) is 0 Å². The van der Waals surface area contributed by atoms with E-state index < -0.39 is 0 Å². The van der Waals surface area contributed by atoms with Crippen LogP contribution in [0.15, 0.2) is 0 Å². The van der Waals surface area contributed by atoms with Crippen molar-refractivity contribution in [3.05, 3.63) is 0 Å². The van der Waals surface area contributed by atoms with Gasteiger partial charge in [0.05, 0.1) is 0 Å². The molecule has 0 aromatic carbocycles.